The number of alkyl halides is 3. The fourth-order valence-electron chi connectivity index (χ4n) is 3.02. The SMILES string of the molecule is O=C1C(NC(=S)CC(F)(F)F)[C@H]2SCC(CSc3nnc(CS(=O)(=O)O)o3)(C(=O)O)CN12. The molecule has 3 rings (SSSR count). The lowest BCUT2D eigenvalue weighted by molar-refractivity contribution is -0.156. The maximum atomic E-state index is 12.5. The number of carbonyl (C=O) groups is 2. The predicted molar refractivity (Wildman–Crippen MR) is 108 cm³/mol. The van der Waals surface area contributed by atoms with Crippen molar-refractivity contribution >= 4 is 62.7 Å². The van der Waals surface area contributed by atoms with E-state index < -0.39 is 62.2 Å². The van der Waals surface area contributed by atoms with Crippen molar-refractivity contribution in [3.05, 3.63) is 5.89 Å². The number of hydrogen-bond acceptors (Lipinski definition) is 10. The number of aromatic nitrogens is 2. The Kier molecular flexibility index (Phi) is 7.00. The van der Waals surface area contributed by atoms with Crippen LogP contribution in [0.15, 0.2) is 9.64 Å². The second-order valence-electron chi connectivity index (χ2n) is 7.07. The topological polar surface area (TPSA) is 163 Å². The second-order valence-corrected chi connectivity index (χ2v) is 11.0. The number of nitrogens with one attached hydrogen (secondary N) is 1. The lowest BCUT2D eigenvalue weighted by Gasteiger charge is -2.54. The minimum absolute atomic E-state index is 0.0417. The van der Waals surface area contributed by atoms with Crippen LogP contribution in [0.3, 0.4) is 0 Å². The molecule has 1 aromatic rings. The van der Waals surface area contributed by atoms with E-state index in [9.17, 15) is 36.3 Å². The highest BCUT2D eigenvalue weighted by Gasteiger charge is 2.57. The summed E-state index contributed by atoms with van der Waals surface area (Å²) < 4.78 is 72.9. The van der Waals surface area contributed by atoms with E-state index in [0.717, 1.165) is 23.5 Å². The Morgan fingerprint density at radius 3 is 2.72 bits per heavy atom. The molecule has 2 aliphatic heterocycles. The summed E-state index contributed by atoms with van der Waals surface area (Å²) in [6, 6.07) is -0.965. The highest BCUT2D eigenvalue weighted by Crippen LogP contribution is 2.44. The van der Waals surface area contributed by atoms with Gasteiger partial charge in [0.1, 0.15) is 16.8 Å². The summed E-state index contributed by atoms with van der Waals surface area (Å²) in [4.78, 5) is 25.1. The summed E-state index contributed by atoms with van der Waals surface area (Å²) >= 11 is 6.59. The molecule has 0 saturated carbocycles. The third-order valence-electron chi connectivity index (χ3n) is 4.50. The van der Waals surface area contributed by atoms with Gasteiger partial charge in [0.25, 0.3) is 15.3 Å². The fourth-order valence-corrected chi connectivity index (χ4v) is 6.38. The van der Waals surface area contributed by atoms with Gasteiger partial charge in [-0.05, 0) is 0 Å². The number of nitrogens with zero attached hydrogens (tertiary/aromatic N) is 3. The standard InChI is InChI=1S/C14H15F3N4O7S4/c15-14(16,17)1-7(29)18-8-9(22)21-3-13(11(23)24,4-30-10(8)21)5-31-12-20-19-6(28-12)2-32(25,26)27/h8,10H,1-5H2,(H,18,29)(H,23,24)(H,25,26,27)/t8?,10-,13?/m1/s1. The Morgan fingerprint density at radius 2 is 2.12 bits per heavy atom. The first kappa shape index (κ1) is 25.0. The van der Waals surface area contributed by atoms with Crippen LogP contribution in [0.4, 0.5) is 13.2 Å². The molecule has 2 unspecified atom stereocenters. The monoisotopic (exact) mass is 536 g/mol. The first-order valence-electron chi connectivity index (χ1n) is 8.61. The quantitative estimate of drug-likeness (QED) is 0.185. The summed E-state index contributed by atoms with van der Waals surface area (Å²) in [5.74, 6) is -3.10. The van der Waals surface area contributed by atoms with E-state index in [2.05, 4.69) is 27.7 Å². The number of halogens is 3. The Bertz CT molecular complexity index is 1030. The van der Waals surface area contributed by atoms with E-state index in [-0.39, 0.29) is 29.2 Å². The number of carboxylic acids is 1. The smallest absolute Gasteiger partial charge is 0.395 e. The van der Waals surface area contributed by atoms with Gasteiger partial charge in [-0.15, -0.1) is 22.0 Å². The lowest BCUT2D eigenvalue weighted by atomic mass is 9.89. The molecular weight excluding hydrogens is 521 g/mol. The number of thioether (sulfide) groups is 2. The van der Waals surface area contributed by atoms with Gasteiger partial charge in [0.2, 0.25) is 11.8 Å². The largest absolute Gasteiger partial charge is 0.481 e. The van der Waals surface area contributed by atoms with E-state index in [1.165, 1.54) is 4.90 Å². The first-order valence-corrected chi connectivity index (χ1v) is 12.7. The van der Waals surface area contributed by atoms with Crippen LogP contribution in [-0.2, 0) is 25.5 Å². The van der Waals surface area contributed by atoms with Crippen LogP contribution in [0.1, 0.15) is 12.3 Å². The average molecular weight is 537 g/mol. The van der Waals surface area contributed by atoms with Crippen LogP contribution in [0.2, 0.25) is 0 Å². The van der Waals surface area contributed by atoms with Crippen LogP contribution in [0.25, 0.3) is 0 Å². The van der Waals surface area contributed by atoms with E-state index >= 15 is 0 Å². The number of thiocarbonyl (C=S) groups is 1. The zero-order valence-corrected chi connectivity index (χ0v) is 19.0. The highest BCUT2D eigenvalue weighted by molar-refractivity contribution is 8.00. The van der Waals surface area contributed by atoms with Gasteiger partial charge in [-0.2, -0.15) is 21.6 Å². The van der Waals surface area contributed by atoms with Crippen molar-refractivity contribution in [2.45, 2.75) is 35.0 Å². The third kappa shape index (κ3) is 5.83. The van der Waals surface area contributed by atoms with Crippen molar-refractivity contribution in [2.75, 3.05) is 18.1 Å². The number of hydrogen-bond donors (Lipinski definition) is 3. The Morgan fingerprint density at radius 1 is 1.44 bits per heavy atom. The molecule has 1 amide bonds. The molecule has 0 aromatic carbocycles. The molecule has 3 atom stereocenters. The average Bonchev–Trinajstić information content (AvgIpc) is 3.08. The van der Waals surface area contributed by atoms with Gasteiger partial charge in [0.05, 0.1) is 11.4 Å². The van der Waals surface area contributed by atoms with Crippen LogP contribution in [0, 0.1) is 5.41 Å². The van der Waals surface area contributed by atoms with Gasteiger partial charge in [-0.1, -0.05) is 24.0 Å². The van der Waals surface area contributed by atoms with Gasteiger partial charge >= 0.3 is 12.1 Å². The van der Waals surface area contributed by atoms with Gasteiger partial charge in [-0.3, -0.25) is 14.1 Å². The molecule has 3 heterocycles. The van der Waals surface area contributed by atoms with Gasteiger partial charge < -0.3 is 19.7 Å². The molecular formula is C14H15F3N4O7S4. The summed E-state index contributed by atoms with van der Waals surface area (Å²) in [6.07, 6.45) is -5.87. The van der Waals surface area contributed by atoms with E-state index in [0.29, 0.717) is 0 Å². The number of fused-ring (bicyclic) bond motifs is 1. The molecule has 0 bridgehead atoms. The molecule has 2 fully saturated rings. The summed E-state index contributed by atoms with van der Waals surface area (Å²) in [7, 11) is -4.39. The number of carboxylic acid groups (broad SMARTS) is 1. The van der Waals surface area contributed by atoms with Crippen LogP contribution >= 0.6 is 35.7 Å². The maximum absolute atomic E-state index is 12.5. The molecule has 178 valence electrons. The predicted octanol–water partition coefficient (Wildman–Crippen LogP) is 0.774. The number of aliphatic carboxylic acids is 1. The van der Waals surface area contributed by atoms with Crippen molar-refractivity contribution in [3.63, 3.8) is 0 Å². The summed E-state index contributed by atoms with van der Waals surface area (Å²) in [5, 5.41) is 18.5. The molecule has 0 radical (unpaired) electrons. The summed E-state index contributed by atoms with van der Waals surface area (Å²) in [5.41, 5.74) is -1.42. The molecule has 1 aromatic heterocycles. The lowest BCUT2D eigenvalue weighted by Crippen LogP contribution is -2.74. The van der Waals surface area contributed by atoms with E-state index in [1.54, 1.807) is 0 Å². The number of amides is 1. The van der Waals surface area contributed by atoms with Crippen LogP contribution in [0.5, 0.6) is 0 Å². The minimum atomic E-state index is -4.51. The maximum Gasteiger partial charge on any atom is 0.395 e. The van der Waals surface area contributed by atoms with Gasteiger partial charge in [0.15, 0.2) is 5.75 Å². The molecule has 11 nitrogen and oxygen atoms in total. The molecule has 18 heteroatoms. The zero-order chi connectivity index (χ0) is 23.9. The van der Waals surface area contributed by atoms with E-state index in [1.807, 2.05) is 0 Å². The van der Waals surface area contributed by atoms with Crippen LogP contribution in [-0.4, -0.2) is 85.7 Å². The fraction of sp³-hybridized carbons (Fsp3) is 0.643. The Labute approximate surface area is 192 Å². The van der Waals surface area contributed by atoms with Crippen molar-refractivity contribution in [1.82, 2.24) is 20.4 Å². The van der Waals surface area contributed by atoms with Crippen molar-refractivity contribution in [1.29, 1.82) is 0 Å². The second kappa shape index (κ2) is 8.96. The van der Waals surface area contributed by atoms with Crippen LogP contribution < -0.4 is 5.32 Å². The molecule has 2 saturated heterocycles. The van der Waals surface area contributed by atoms with Crippen molar-refractivity contribution in [2.24, 2.45) is 5.41 Å². The van der Waals surface area contributed by atoms with Crippen molar-refractivity contribution in [3.8, 4) is 0 Å². The molecule has 3 N–H and O–H groups in total. The highest BCUT2D eigenvalue weighted by atomic mass is 32.2. The van der Waals surface area contributed by atoms with Crippen molar-refractivity contribution < 1.29 is 45.3 Å². The van der Waals surface area contributed by atoms with Gasteiger partial charge in [-0.25, -0.2) is 0 Å². The number of β-lactam (4-membered cyclic amide) rings is 1. The minimum Gasteiger partial charge on any atom is -0.481 e. The molecule has 0 spiro atoms. The molecule has 0 aliphatic carbocycles. The Hall–Kier alpha value is -1.63. The number of rotatable bonds is 8. The third-order valence-corrected chi connectivity index (χ3v) is 8.07. The number of carbonyl (C=O) groups excluding carboxylic acids is 1. The molecule has 32 heavy (non-hydrogen) atoms. The Balaban J connectivity index is 1.61. The van der Waals surface area contributed by atoms with Gasteiger partial charge in [0, 0.05) is 18.1 Å². The molecule has 2 aliphatic rings. The summed E-state index contributed by atoms with van der Waals surface area (Å²) in [6.45, 7) is -0.192. The normalized spacial score (nSPS) is 25.8. The van der Waals surface area contributed by atoms with E-state index in [4.69, 9.17) is 8.97 Å². The first-order chi connectivity index (χ1) is 14.7. The zero-order valence-electron chi connectivity index (χ0n) is 15.7.